The summed E-state index contributed by atoms with van der Waals surface area (Å²) in [4.78, 5) is 12.2. The van der Waals surface area contributed by atoms with E-state index in [1.807, 2.05) is 30.3 Å². The van der Waals surface area contributed by atoms with E-state index in [4.69, 9.17) is 18.9 Å². The first-order valence-corrected chi connectivity index (χ1v) is 13.8. The minimum absolute atomic E-state index is 0. The van der Waals surface area contributed by atoms with Crippen molar-refractivity contribution in [1.29, 1.82) is 0 Å². The fraction of sp³-hybridized carbons (Fsp3) is 0.108. The van der Waals surface area contributed by atoms with Gasteiger partial charge in [0.15, 0.2) is 0 Å². The summed E-state index contributed by atoms with van der Waals surface area (Å²) in [6.45, 7) is 3.50. The first kappa shape index (κ1) is 34.2. The Bertz CT molecular complexity index is 1610. The van der Waals surface area contributed by atoms with E-state index in [0.29, 0.717) is 17.9 Å². The van der Waals surface area contributed by atoms with Crippen molar-refractivity contribution in [2.75, 3.05) is 20.3 Å². The number of methoxy groups -OCH3 is 1. The fourth-order valence-corrected chi connectivity index (χ4v) is 5.71. The molecule has 0 aromatic heterocycles. The van der Waals surface area contributed by atoms with Gasteiger partial charge in [-0.1, -0.05) is 91.0 Å². The van der Waals surface area contributed by atoms with Gasteiger partial charge in [-0.2, -0.15) is 6.61 Å². The second kappa shape index (κ2) is 16.1. The predicted molar refractivity (Wildman–Crippen MR) is 162 cm³/mol. The van der Waals surface area contributed by atoms with Gasteiger partial charge < -0.3 is 18.9 Å². The molecule has 0 amide bonds. The van der Waals surface area contributed by atoms with Gasteiger partial charge in [-0.3, -0.25) is 0 Å². The maximum Gasteiger partial charge on any atom is 0.306 e. The number of fused-ring (bicyclic) bond motifs is 3. The van der Waals surface area contributed by atoms with Crippen LogP contribution in [0.2, 0.25) is 0 Å². The zero-order chi connectivity index (χ0) is 28.8. The molecule has 0 aliphatic heterocycles. The van der Waals surface area contributed by atoms with Crippen LogP contribution in [0.4, 0.5) is 0 Å². The van der Waals surface area contributed by atoms with Gasteiger partial charge in [0.05, 0.1) is 11.0 Å². The molecule has 7 heteroatoms. The topological polar surface area (TPSA) is 54.0 Å². The van der Waals surface area contributed by atoms with Crippen LogP contribution in [0.15, 0.2) is 127 Å². The van der Waals surface area contributed by atoms with E-state index < -0.39 is 11.4 Å². The fourth-order valence-electron chi connectivity index (χ4n) is 5.71. The van der Waals surface area contributed by atoms with Crippen LogP contribution in [0.25, 0.3) is 11.1 Å². The van der Waals surface area contributed by atoms with E-state index in [-0.39, 0.29) is 72.0 Å². The molecule has 44 heavy (non-hydrogen) atoms. The molecule has 0 fully saturated rings. The first-order chi connectivity index (χ1) is 20.7. The summed E-state index contributed by atoms with van der Waals surface area (Å²) >= 11 is 0. The van der Waals surface area contributed by atoms with Crippen LogP contribution >= 0.6 is 0 Å². The minimum Gasteiger partial charge on any atom is -0.630 e. The smallest absolute Gasteiger partial charge is 0.306 e. The number of benzene rings is 5. The molecule has 0 saturated carbocycles. The molecule has 5 aromatic carbocycles. The first-order valence-electron chi connectivity index (χ1n) is 13.8. The van der Waals surface area contributed by atoms with Gasteiger partial charge in [-0.25, -0.2) is 4.79 Å². The molecule has 0 N–H and O–H groups in total. The van der Waals surface area contributed by atoms with E-state index in [9.17, 15) is 4.79 Å². The summed E-state index contributed by atoms with van der Waals surface area (Å²) in [5, 5.41) is 0. The van der Waals surface area contributed by atoms with Crippen molar-refractivity contribution in [1.82, 2.24) is 0 Å². The van der Waals surface area contributed by atoms with Crippen molar-refractivity contribution in [3.63, 3.8) is 0 Å². The van der Waals surface area contributed by atoms with Crippen LogP contribution in [0.1, 0.15) is 32.6 Å². The number of ether oxygens (including phenoxy) is 4. The number of hydrogen-bond donors (Lipinski definition) is 0. The number of carbonyl (C=O) groups is 1. The van der Waals surface area contributed by atoms with Crippen molar-refractivity contribution in [3.05, 3.63) is 168 Å². The largest absolute Gasteiger partial charge is 0.630 e. The molecule has 0 bridgehead atoms. The quantitative estimate of drug-likeness (QED) is 0.0780. The molecule has 0 unspecified atom stereocenters. The third-order valence-electron chi connectivity index (χ3n) is 7.53. The van der Waals surface area contributed by atoms with Crippen LogP contribution in [-0.2, 0) is 80.3 Å². The minimum atomic E-state index is -0.528. The third-order valence-corrected chi connectivity index (χ3v) is 7.53. The van der Waals surface area contributed by atoms with Gasteiger partial charge >= 0.3 is 5.97 Å². The van der Waals surface area contributed by atoms with Gasteiger partial charge in [0.2, 0.25) is 0 Å². The van der Waals surface area contributed by atoms with Gasteiger partial charge in [0.25, 0.3) is 0 Å². The number of rotatable bonds is 11. The van der Waals surface area contributed by atoms with Gasteiger partial charge in [-0.15, -0.1) is 6.61 Å². The molecule has 6 rings (SSSR count). The Morgan fingerprint density at radius 1 is 0.591 bits per heavy atom. The van der Waals surface area contributed by atoms with E-state index in [1.165, 1.54) is 28.9 Å². The van der Waals surface area contributed by atoms with E-state index in [1.54, 1.807) is 38.0 Å². The number of carbonyl (C=O) groups excluding carboxylic acids is 1. The van der Waals surface area contributed by atoms with Crippen molar-refractivity contribution in [3.8, 4) is 22.6 Å². The maximum absolute atomic E-state index is 12.2. The molecule has 2 radical (unpaired) electrons. The second-order valence-corrected chi connectivity index (χ2v) is 9.85. The molecule has 216 valence electrons. The SMILES string of the molecule is CO[CH-]COc1ccc(C2(c3ccc(OC[CH-]OC(=O)c4ccccc4)cc3)c3ccccc3-c3ccccc32)cc1.[Y].[Y]. The van der Waals surface area contributed by atoms with Crippen molar-refractivity contribution < 1.29 is 89.2 Å². The molecular weight excluding hydrogens is 702 g/mol. The predicted octanol–water partition coefficient (Wildman–Crippen LogP) is 7.63. The van der Waals surface area contributed by atoms with E-state index in [2.05, 4.69) is 72.8 Å². The average molecular weight is 732 g/mol. The maximum atomic E-state index is 12.2. The molecule has 1 aliphatic carbocycles. The van der Waals surface area contributed by atoms with Gasteiger partial charge in [0.1, 0.15) is 11.5 Å². The Morgan fingerprint density at radius 3 is 1.55 bits per heavy atom. The summed E-state index contributed by atoms with van der Waals surface area (Å²) in [6, 6.07) is 42.5. The van der Waals surface area contributed by atoms with Crippen molar-refractivity contribution in [2.45, 2.75) is 5.41 Å². The molecule has 0 atom stereocenters. The Balaban J connectivity index is 0.00000221. The van der Waals surface area contributed by atoms with E-state index in [0.717, 1.165) is 16.9 Å². The monoisotopic (exact) mass is 732 g/mol. The molecular formula is C37H30O5Y2-2. The Kier molecular flexibility index (Phi) is 12.5. The second-order valence-electron chi connectivity index (χ2n) is 9.85. The van der Waals surface area contributed by atoms with Crippen molar-refractivity contribution >= 4 is 5.97 Å². The molecule has 0 saturated heterocycles. The van der Waals surface area contributed by atoms with Gasteiger partial charge in [0, 0.05) is 65.4 Å². The molecule has 5 aromatic rings. The summed E-state index contributed by atoms with van der Waals surface area (Å²) in [6.07, 6.45) is 0. The average Bonchev–Trinajstić information content (AvgIpc) is 3.35. The van der Waals surface area contributed by atoms with Gasteiger partial charge in [-0.05, 0) is 90.1 Å². The number of hydrogen-bond acceptors (Lipinski definition) is 5. The van der Waals surface area contributed by atoms with Crippen LogP contribution in [0, 0.1) is 13.2 Å². The van der Waals surface area contributed by atoms with Crippen molar-refractivity contribution in [2.24, 2.45) is 0 Å². The zero-order valence-electron chi connectivity index (χ0n) is 24.4. The van der Waals surface area contributed by atoms with Crippen LogP contribution in [0.5, 0.6) is 11.5 Å². The molecule has 0 spiro atoms. The molecule has 5 nitrogen and oxygen atoms in total. The molecule has 1 aliphatic rings. The third kappa shape index (κ3) is 6.93. The zero-order valence-corrected chi connectivity index (χ0v) is 30.1. The summed E-state index contributed by atoms with van der Waals surface area (Å²) in [5.41, 5.74) is 7.11. The van der Waals surface area contributed by atoms with Crippen LogP contribution < -0.4 is 9.47 Å². The Labute approximate surface area is 309 Å². The summed E-state index contributed by atoms with van der Waals surface area (Å²) in [7, 11) is 1.61. The van der Waals surface area contributed by atoms with Crippen LogP contribution in [-0.4, -0.2) is 26.3 Å². The van der Waals surface area contributed by atoms with Crippen LogP contribution in [0.3, 0.4) is 0 Å². The van der Waals surface area contributed by atoms with E-state index >= 15 is 0 Å². The Morgan fingerprint density at radius 2 is 1.05 bits per heavy atom. The standard InChI is InChI=1S/C37H30O5.2Y/c1-39-23-24-40-30-19-15-28(16-20-30)37(34-13-7-5-11-32(34)33-12-6-8-14-35(33)37)29-17-21-31(22-18-29)41-25-26-42-36(38)27-9-3-2-4-10-27;;/h2-23,26H,24-25H2,1H3;;/q-2;;. The molecule has 0 heterocycles. The Hall–Kier alpha value is -2.66. The summed E-state index contributed by atoms with van der Waals surface area (Å²) in [5.74, 6) is 1.04. The normalized spacial score (nSPS) is 12.1. The summed E-state index contributed by atoms with van der Waals surface area (Å²) < 4.78 is 21.9. The number of esters is 1.